The zero-order valence-electron chi connectivity index (χ0n) is 19.1. The molecule has 4 aromatic heterocycles. The van der Waals surface area contributed by atoms with Gasteiger partial charge in [-0.05, 0) is 65.6 Å². The van der Waals surface area contributed by atoms with E-state index in [1.54, 1.807) is 23.7 Å². The molecule has 0 unspecified atom stereocenters. The van der Waals surface area contributed by atoms with Crippen molar-refractivity contribution in [1.29, 1.82) is 0 Å². The number of thiophene rings is 1. The van der Waals surface area contributed by atoms with E-state index >= 15 is 0 Å². The molecule has 1 N–H and O–H groups in total. The van der Waals surface area contributed by atoms with E-state index in [1.807, 2.05) is 29.3 Å². The Morgan fingerprint density at radius 2 is 2.20 bits per heavy atom. The van der Waals surface area contributed by atoms with Crippen LogP contribution in [0.2, 0.25) is 0 Å². The molecule has 1 aliphatic rings. The van der Waals surface area contributed by atoms with Gasteiger partial charge in [0.2, 0.25) is 5.91 Å². The van der Waals surface area contributed by atoms with Gasteiger partial charge in [-0.2, -0.15) is 0 Å². The zero-order chi connectivity index (χ0) is 23.8. The highest BCUT2D eigenvalue weighted by Gasteiger charge is 2.28. The second-order valence-electron chi connectivity index (χ2n) is 8.66. The monoisotopic (exact) mass is 480 g/mol. The molecule has 7 heteroatoms. The number of hydrogen-bond donors (Lipinski definition) is 1. The number of aromatic amines is 1. The van der Waals surface area contributed by atoms with Gasteiger partial charge in [-0.15, -0.1) is 11.3 Å². The summed E-state index contributed by atoms with van der Waals surface area (Å²) >= 11 is 1.73. The molecule has 1 aliphatic heterocycles. The summed E-state index contributed by atoms with van der Waals surface area (Å²) in [5.74, 6) is 0.630. The van der Waals surface area contributed by atoms with E-state index in [0.29, 0.717) is 12.4 Å². The Labute approximate surface area is 206 Å². The molecular formula is C28H24N4O2S. The molecule has 6 nitrogen and oxygen atoms in total. The number of carbonyl (C=O) groups excluding carboxylic acids is 1. The third kappa shape index (κ3) is 3.88. The molecule has 0 aliphatic carbocycles. The molecule has 0 spiro atoms. The number of pyridine rings is 2. The van der Waals surface area contributed by atoms with Crippen LogP contribution in [0.1, 0.15) is 12.8 Å². The molecule has 1 atom stereocenters. The first-order valence-corrected chi connectivity index (χ1v) is 12.6. The third-order valence-corrected chi connectivity index (χ3v) is 7.50. The van der Waals surface area contributed by atoms with Crippen LogP contribution in [0.3, 0.4) is 0 Å². The van der Waals surface area contributed by atoms with Gasteiger partial charge in [0.25, 0.3) is 0 Å². The number of aromatic nitrogens is 3. The van der Waals surface area contributed by atoms with E-state index in [4.69, 9.17) is 9.72 Å². The minimum absolute atomic E-state index is 0.0265. The Morgan fingerprint density at radius 1 is 1.26 bits per heavy atom. The second-order valence-corrected chi connectivity index (χ2v) is 9.61. The van der Waals surface area contributed by atoms with E-state index in [0.717, 1.165) is 52.8 Å². The highest BCUT2D eigenvalue weighted by atomic mass is 32.1. The van der Waals surface area contributed by atoms with Gasteiger partial charge in [0, 0.05) is 34.8 Å². The Kier molecular flexibility index (Phi) is 5.54. The van der Waals surface area contributed by atoms with E-state index in [9.17, 15) is 4.79 Å². The smallest absolute Gasteiger partial charge is 0.246 e. The fourth-order valence-corrected chi connectivity index (χ4v) is 5.75. The Morgan fingerprint density at radius 3 is 3.11 bits per heavy atom. The Balaban J connectivity index is 1.42. The lowest BCUT2D eigenvalue weighted by molar-refractivity contribution is -0.127. The fraction of sp³-hybridized carbons (Fsp3) is 0.179. The van der Waals surface area contributed by atoms with E-state index in [-0.39, 0.29) is 11.9 Å². The van der Waals surface area contributed by atoms with Crippen molar-refractivity contribution in [3.63, 3.8) is 0 Å². The lowest BCUT2D eigenvalue weighted by Crippen LogP contribution is -2.38. The molecule has 0 saturated carbocycles. The third-order valence-electron chi connectivity index (χ3n) is 6.62. The normalized spacial score (nSPS) is 15.7. The first-order chi connectivity index (χ1) is 17.2. The number of nitrogens with one attached hydrogen (secondary N) is 1. The van der Waals surface area contributed by atoms with Crippen molar-refractivity contribution in [3.05, 3.63) is 79.1 Å². The van der Waals surface area contributed by atoms with Crippen LogP contribution in [-0.4, -0.2) is 45.0 Å². The minimum Gasteiger partial charge on any atom is -0.489 e. The van der Waals surface area contributed by atoms with E-state index in [1.165, 1.54) is 16.2 Å². The van der Waals surface area contributed by atoms with Crippen LogP contribution in [0.5, 0.6) is 5.75 Å². The molecule has 1 fully saturated rings. The topological polar surface area (TPSA) is 71.1 Å². The van der Waals surface area contributed by atoms with Crippen LogP contribution in [0.4, 0.5) is 0 Å². The number of likely N-dealkylation sites (tertiary alicyclic amines) is 1. The average Bonchev–Trinajstić information content (AvgIpc) is 3.64. The molecule has 174 valence electrons. The molecule has 0 radical (unpaired) electrons. The minimum atomic E-state index is -0.0459. The summed E-state index contributed by atoms with van der Waals surface area (Å²) in [6.07, 6.45) is 8.60. The number of nitrogens with zero attached hydrogens (tertiary/aromatic N) is 3. The Hall–Kier alpha value is -3.97. The predicted octanol–water partition coefficient (Wildman–Crippen LogP) is 6.06. The van der Waals surface area contributed by atoms with Crippen LogP contribution >= 0.6 is 11.3 Å². The van der Waals surface area contributed by atoms with Gasteiger partial charge >= 0.3 is 0 Å². The average molecular weight is 481 g/mol. The van der Waals surface area contributed by atoms with Gasteiger partial charge < -0.3 is 14.6 Å². The number of rotatable bonds is 6. The van der Waals surface area contributed by atoms with Crippen LogP contribution < -0.4 is 4.74 Å². The van der Waals surface area contributed by atoms with E-state index in [2.05, 4.69) is 46.2 Å². The molecule has 5 heterocycles. The summed E-state index contributed by atoms with van der Waals surface area (Å²) in [5.41, 5.74) is 5.87. The quantitative estimate of drug-likeness (QED) is 0.300. The highest BCUT2D eigenvalue weighted by Crippen LogP contribution is 2.41. The van der Waals surface area contributed by atoms with Gasteiger partial charge in [-0.1, -0.05) is 18.7 Å². The number of ether oxygens (including phenoxy) is 1. The highest BCUT2D eigenvalue weighted by molar-refractivity contribution is 7.17. The summed E-state index contributed by atoms with van der Waals surface area (Å²) in [4.78, 5) is 26.7. The Bertz CT molecular complexity index is 1550. The number of benzene rings is 1. The lowest BCUT2D eigenvalue weighted by Gasteiger charge is -2.24. The van der Waals surface area contributed by atoms with Crippen LogP contribution in [-0.2, 0) is 4.79 Å². The van der Waals surface area contributed by atoms with Crippen molar-refractivity contribution in [1.82, 2.24) is 19.9 Å². The molecule has 1 saturated heterocycles. The molecule has 5 aromatic rings. The van der Waals surface area contributed by atoms with Crippen LogP contribution in [0.15, 0.2) is 79.1 Å². The number of H-pyrrole nitrogens is 1. The zero-order valence-corrected chi connectivity index (χ0v) is 19.9. The largest absolute Gasteiger partial charge is 0.489 e. The summed E-state index contributed by atoms with van der Waals surface area (Å²) < 4.78 is 7.55. The van der Waals surface area contributed by atoms with Crippen LogP contribution in [0, 0.1) is 0 Å². The van der Waals surface area contributed by atoms with E-state index < -0.39 is 0 Å². The number of fused-ring (bicyclic) bond motifs is 2. The first kappa shape index (κ1) is 21.6. The standard InChI is InChI=1S/C28H24N4O2S/c1-2-25(33)32-13-4-5-20(32)17-34-23-16-29-12-9-21(23)27-26(28-22(31-27)6-3-11-30-28)19-8-7-18-10-14-35-24(18)15-19/h2-3,6-12,14-16,20,31H,1,4-5,13,17H2/t20-/m0/s1. The summed E-state index contributed by atoms with van der Waals surface area (Å²) in [7, 11) is 0. The van der Waals surface area contributed by atoms with Gasteiger partial charge in [-0.3, -0.25) is 14.8 Å². The van der Waals surface area contributed by atoms with Crippen molar-refractivity contribution in [2.45, 2.75) is 18.9 Å². The molecule has 1 aromatic carbocycles. The SMILES string of the molecule is C=CC(=O)N1CCC[C@H]1COc1cnccc1-c1[nH]c2cccnc2c1-c1ccc2ccsc2c1. The molecule has 0 bridgehead atoms. The molecular weight excluding hydrogens is 456 g/mol. The summed E-state index contributed by atoms with van der Waals surface area (Å²) in [6, 6.07) is 14.6. The van der Waals surface area contributed by atoms with Gasteiger partial charge in [0.1, 0.15) is 12.4 Å². The molecule has 1 amide bonds. The van der Waals surface area contributed by atoms with Crippen molar-refractivity contribution in [2.24, 2.45) is 0 Å². The lowest BCUT2D eigenvalue weighted by atomic mass is 10.00. The summed E-state index contributed by atoms with van der Waals surface area (Å²) in [5, 5.41) is 3.34. The number of hydrogen-bond acceptors (Lipinski definition) is 5. The van der Waals surface area contributed by atoms with Crippen LogP contribution in [0.25, 0.3) is 43.5 Å². The molecule has 6 rings (SSSR count). The maximum atomic E-state index is 12.2. The number of amides is 1. The first-order valence-electron chi connectivity index (χ1n) is 11.7. The van der Waals surface area contributed by atoms with Gasteiger partial charge in [0.15, 0.2) is 0 Å². The summed E-state index contributed by atoms with van der Waals surface area (Å²) in [6.45, 7) is 4.78. The van der Waals surface area contributed by atoms with Gasteiger partial charge in [0.05, 0.1) is 29.0 Å². The second kappa shape index (κ2) is 9.00. The predicted molar refractivity (Wildman–Crippen MR) is 141 cm³/mol. The van der Waals surface area contributed by atoms with Crippen molar-refractivity contribution in [2.75, 3.05) is 13.2 Å². The maximum Gasteiger partial charge on any atom is 0.246 e. The van der Waals surface area contributed by atoms with Crippen molar-refractivity contribution < 1.29 is 9.53 Å². The van der Waals surface area contributed by atoms with Crippen molar-refractivity contribution in [3.8, 4) is 28.1 Å². The van der Waals surface area contributed by atoms with Gasteiger partial charge in [-0.25, -0.2) is 0 Å². The van der Waals surface area contributed by atoms with Crippen molar-refractivity contribution >= 4 is 38.4 Å². The fourth-order valence-electron chi connectivity index (χ4n) is 4.92. The number of carbonyl (C=O) groups is 1. The maximum absolute atomic E-state index is 12.2. The molecule has 35 heavy (non-hydrogen) atoms.